The summed E-state index contributed by atoms with van der Waals surface area (Å²) in [5.41, 5.74) is -0.186. The molecule has 40 heavy (non-hydrogen) atoms. The maximum Gasteiger partial charge on any atom is 0.416 e. The van der Waals surface area contributed by atoms with Gasteiger partial charge >= 0.3 is 6.18 Å². The minimum absolute atomic E-state index is 0.00587. The molecule has 0 fully saturated rings. The molecule has 0 saturated carbocycles. The van der Waals surface area contributed by atoms with E-state index in [1.165, 1.54) is 22.9 Å². The van der Waals surface area contributed by atoms with Crippen LogP contribution in [0.2, 0.25) is 0 Å². The van der Waals surface area contributed by atoms with Crippen molar-refractivity contribution in [3.05, 3.63) is 89.6 Å². The second kappa shape index (κ2) is 13.9. The monoisotopic (exact) mass is 561 g/mol. The third-order valence-corrected chi connectivity index (χ3v) is 5.37. The molecule has 15 heteroatoms. The molecule has 0 aliphatic carbocycles. The number of hydrogen-bond donors (Lipinski definition) is 2. The molecule has 3 aromatic rings. The van der Waals surface area contributed by atoms with E-state index in [9.17, 15) is 27.2 Å². The molecule has 3 rings (SSSR count). The standard InChI is InChI=1S/C25H27F4N9O2/c1-17(23(39)32-14-21-12-19(8-10-30-21)25(27,28)29)33-35-37(2)11-9-20(26)15-38-16-22(34-36-38)24(40)31-13-18-6-4-3-5-7-18/h3-8,10,12,16,20H,1,9,11,13-15H2,2H3,(H,31,40)(H,32,39). The maximum absolute atomic E-state index is 14.5. The number of carbonyl (C=O) groups excluding carboxylic acids is 2. The third kappa shape index (κ3) is 9.56. The first-order valence-corrected chi connectivity index (χ1v) is 12.0. The van der Waals surface area contributed by atoms with Crippen LogP contribution in [0.25, 0.3) is 0 Å². The Morgan fingerprint density at radius 2 is 1.90 bits per heavy atom. The summed E-state index contributed by atoms with van der Waals surface area (Å²) in [4.78, 5) is 28.1. The fourth-order valence-electron chi connectivity index (χ4n) is 3.23. The Balaban J connectivity index is 1.37. The van der Waals surface area contributed by atoms with Gasteiger partial charge in [0.15, 0.2) is 5.69 Å². The lowest BCUT2D eigenvalue weighted by Crippen LogP contribution is -2.24. The summed E-state index contributed by atoms with van der Waals surface area (Å²) >= 11 is 0. The molecule has 0 saturated heterocycles. The highest BCUT2D eigenvalue weighted by Crippen LogP contribution is 2.28. The number of benzene rings is 1. The van der Waals surface area contributed by atoms with E-state index in [0.717, 1.165) is 23.9 Å². The zero-order valence-corrected chi connectivity index (χ0v) is 21.5. The summed E-state index contributed by atoms with van der Waals surface area (Å²) in [6.07, 6.45) is -3.48. The van der Waals surface area contributed by atoms with Crippen LogP contribution < -0.4 is 10.6 Å². The highest BCUT2D eigenvalue weighted by molar-refractivity contribution is 5.92. The van der Waals surface area contributed by atoms with Crippen LogP contribution >= 0.6 is 0 Å². The topological polar surface area (TPSA) is 130 Å². The molecule has 0 aliphatic rings. The molecular weight excluding hydrogens is 534 g/mol. The van der Waals surface area contributed by atoms with Crippen molar-refractivity contribution in [3.63, 3.8) is 0 Å². The van der Waals surface area contributed by atoms with Gasteiger partial charge in [0.05, 0.1) is 30.5 Å². The lowest BCUT2D eigenvalue weighted by molar-refractivity contribution is -0.137. The Labute approximate surface area is 227 Å². The van der Waals surface area contributed by atoms with Gasteiger partial charge in [-0.1, -0.05) is 47.3 Å². The Kier molecular flexibility index (Phi) is 10.4. The third-order valence-electron chi connectivity index (χ3n) is 5.37. The normalized spacial score (nSPS) is 12.2. The summed E-state index contributed by atoms with van der Waals surface area (Å²) in [5.74, 6) is -1.18. The molecule has 1 unspecified atom stereocenters. The molecule has 212 valence electrons. The number of amides is 2. The maximum atomic E-state index is 14.5. The highest BCUT2D eigenvalue weighted by atomic mass is 19.4. The smallest absolute Gasteiger partial charge is 0.347 e. The van der Waals surface area contributed by atoms with E-state index in [2.05, 4.69) is 42.8 Å². The minimum Gasteiger partial charge on any atom is -0.347 e. The van der Waals surface area contributed by atoms with E-state index in [-0.39, 0.29) is 43.1 Å². The van der Waals surface area contributed by atoms with Crippen LogP contribution in [-0.2, 0) is 30.6 Å². The van der Waals surface area contributed by atoms with E-state index >= 15 is 0 Å². The van der Waals surface area contributed by atoms with Gasteiger partial charge in [-0.25, -0.2) is 9.07 Å². The second-order valence-electron chi connectivity index (χ2n) is 8.61. The summed E-state index contributed by atoms with van der Waals surface area (Å²) in [6, 6.07) is 11.0. The zero-order valence-electron chi connectivity index (χ0n) is 21.5. The number of pyridine rings is 1. The van der Waals surface area contributed by atoms with Gasteiger partial charge < -0.3 is 10.6 Å². The molecule has 0 aliphatic heterocycles. The first-order chi connectivity index (χ1) is 19.0. The average molecular weight is 562 g/mol. The number of halogens is 4. The van der Waals surface area contributed by atoms with Crippen LogP contribution in [0.15, 0.2) is 77.5 Å². The minimum atomic E-state index is -4.53. The number of aromatic nitrogens is 4. The van der Waals surface area contributed by atoms with Crippen molar-refractivity contribution >= 4 is 11.8 Å². The molecule has 2 heterocycles. The number of nitrogens with one attached hydrogen (secondary N) is 2. The second-order valence-corrected chi connectivity index (χ2v) is 8.61. The zero-order chi connectivity index (χ0) is 29.1. The molecule has 0 radical (unpaired) electrons. The molecule has 0 spiro atoms. The predicted molar refractivity (Wildman–Crippen MR) is 135 cm³/mol. The van der Waals surface area contributed by atoms with Gasteiger partial charge in [0.1, 0.15) is 11.9 Å². The van der Waals surface area contributed by atoms with Crippen molar-refractivity contribution in [2.24, 2.45) is 10.3 Å². The van der Waals surface area contributed by atoms with Gasteiger partial charge in [-0.3, -0.25) is 19.6 Å². The van der Waals surface area contributed by atoms with Gasteiger partial charge in [0.25, 0.3) is 11.8 Å². The van der Waals surface area contributed by atoms with E-state index < -0.39 is 29.7 Å². The molecule has 2 aromatic heterocycles. The predicted octanol–water partition coefficient (Wildman–Crippen LogP) is 3.48. The number of alkyl halides is 4. The molecule has 0 bridgehead atoms. The van der Waals surface area contributed by atoms with Crippen molar-refractivity contribution in [1.29, 1.82) is 0 Å². The number of nitrogens with zero attached hydrogens (tertiary/aromatic N) is 7. The fourth-order valence-corrected chi connectivity index (χ4v) is 3.23. The highest BCUT2D eigenvalue weighted by Gasteiger charge is 2.30. The molecule has 11 nitrogen and oxygen atoms in total. The number of hydrogen-bond acceptors (Lipinski definition) is 7. The van der Waals surface area contributed by atoms with Crippen molar-refractivity contribution in [1.82, 2.24) is 35.6 Å². The van der Waals surface area contributed by atoms with Gasteiger partial charge in [0.2, 0.25) is 0 Å². The van der Waals surface area contributed by atoms with Crippen LogP contribution in [0.3, 0.4) is 0 Å². The molecule has 1 atom stereocenters. The van der Waals surface area contributed by atoms with Gasteiger partial charge in [-0.2, -0.15) is 13.2 Å². The van der Waals surface area contributed by atoms with Crippen LogP contribution in [-0.4, -0.2) is 56.6 Å². The van der Waals surface area contributed by atoms with Crippen molar-refractivity contribution in [2.45, 2.75) is 38.4 Å². The molecule has 2 N–H and O–H groups in total. The Morgan fingerprint density at radius 3 is 2.62 bits per heavy atom. The van der Waals surface area contributed by atoms with E-state index in [1.54, 1.807) is 0 Å². The van der Waals surface area contributed by atoms with Crippen LogP contribution in [0, 0.1) is 0 Å². The van der Waals surface area contributed by atoms with Crippen molar-refractivity contribution < 1.29 is 27.2 Å². The summed E-state index contributed by atoms with van der Waals surface area (Å²) in [5, 5.41) is 21.4. The number of rotatable bonds is 13. The molecule has 2 amide bonds. The van der Waals surface area contributed by atoms with Crippen LogP contribution in [0.5, 0.6) is 0 Å². The molecule has 1 aromatic carbocycles. The summed E-state index contributed by atoms with van der Waals surface area (Å²) in [7, 11) is 1.51. The largest absolute Gasteiger partial charge is 0.416 e. The van der Waals surface area contributed by atoms with E-state index in [0.29, 0.717) is 6.54 Å². The summed E-state index contributed by atoms with van der Waals surface area (Å²) < 4.78 is 54.1. The first kappa shape index (κ1) is 29.9. The van der Waals surface area contributed by atoms with Crippen LogP contribution in [0.4, 0.5) is 17.6 Å². The lowest BCUT2D eigenvalue weighted by atomic mass is 10.2. The van der Waals surface area contributed by atoms with Gasteiger partial charge in [-0.05, 0) is 24.1 Å². The Hall–Kier alpha value is -4.69. The quantitative estimate of drug-likeness (QED) is 0.142. The van der Waals surface area contributed by atoms with E-state index in [1.807, 2.05) is 30.3 Å². The van der Waals surface area contributed by atoms with Crippen molar-refractivity contribution in [3.8, 4) is 0 Å². The van der Waals surface area contributed by atoms with Crippen molar-refractivity contribution in [2.75, 3.05) is 13.6 Å². The Morgan fingerprint density at radius 1 is 1.15 bits per heavy atom. The SMILES string of the molecule is C=C(N=NN(C)CCC(F)Cn1cc(C(=O)NCc2ccccc2)nn1)C(=O)NCc1cc(C(F)(F)F)ccn1. The van der Waals surface area contributed by atoms with Crippen LogP contribution in [0.1, 0.15) is 33.7 Å². The molecular formula is C25H27F4N9O2. The lowest BCUT2D eigenvalue weighted by Gasteiger charge is -2.13. The number of carbonyl (C=O) groups is 2. The van der Waals surface area contributed by atoms with E-state index in [4.69, 9.17) is 0 Å². The first-order valence-electron chi connectivity index (χ1n) is 12.0. The average Bonchev–Trinajstić information content (AvgIpc) is 3.41. The van der Waals surface area contributed by atoms with Gasteiger partial charge in [0, 0.05) is 26.3 Å². The Bertz CT molecular complexity index is 1330. The fraction of sp³-hybridized carbons (Fsp3) is 0.320. The summed E-state index contributed by atoms with van der Waals surface area (Å²) in [6.45, 7) is 3.52. The van der Waals surface area contributed by atoms with Gasteiger partial charge in [-0.15, -0.1) is 10.2 Å².